The molecule has 1 aromatic heterocycles. The zero-order chi connectivity index (χ0) is 21.1. The maximum atomic E-state index is 5.99. The first-order valence-electron chi connectivity index (χ1n) is 12.0. The topological polar surface area (TPSA) is 46.6 Å². The Labute approximate surface area is 187 Å². The van der Waals surface area contributed by atoms with Crippen LogP contribution in [0.2, 0.25) is 0 Å². The minimum atomic E-state index is 0.489. The number of piperidine rings is 1. The van der Waals surface area contributed by atoms with Crippen molar-refractivity contribution < 1.29 is 9.47 Å². The Balaban J connectivity index is 1.10. The van der Waals surface area contributed by atoms with Crippen molar-refractivity contribution in [1.29, 1.82) is 0 Å². The average Bonchev–Trinajstić information content (AvgIpc) is 3.35. The van der Waals surface area contributed by atoms with Crippen molar-refractivity contribution in [3.05, 3.63) is 54.4 Å². The monoisotopic (exact) mass is 423 g/mol. The van der Waals surface area contributed by atoms with Gasteiger partial charge in [-0.2, -0.15) is 0 Å². The predicted octanol–water partition coefficient (Wildman–Crippen LogP) is 4.82. The van der Waals surface area contributed by atoms with Crippen LogP contribution >= 0.6 is 0 Å². The number of nitrogens with one attached hydrogen (secondary N) is 1. The van der Waals surface area contributed by atoms with Crippen LogP contribution in [0.4, 0.5) is 5.69 Å². The Hall–Kier alpha value is -2.11. The van der Waals surface area contributed by atoms with Gasteiger partial charge in [-0.05, 0) is 50.1 Å². The van der Waals surface area contributed by atoms with Crippen LogP contribution in [-0.2, 0) is 11.3 Å². The molecule has 3 heterocycles. The molecule has 0 spiro atoms. The van der Waals surface area contributed by atoms with Crippen molar-refractivity contribution in [1.82, 2.24) is 10.3 Å². The van der Waals surface area contributed by atoms with Gasteiger partial charge in [0, 0.05) is 31.8 Å². The van der Waals surface area contributed by atoms with Gasteiger partial charge in [0.05, 0.1) is 24.7 Å². The highest BCUT2D eigenvalue weighted by Gasteiger charge is 2.20. The molecule has 0 bridgehead atoms. The molecule has 4 rings (SSSR count). The minimum Gasteiger partial charge on any atom is -0.490 e. The highest BCUT2D eigenvalue weighted by molar-refractivity contribution is 5.48. The smallest absolute Gasteiger partial charge is 0.139 e. The molecule has 0 amide bonds. The van der Waals surface area contributed by atoms with E-state index >= 15 is 0 Å². The third kappa shape index (κ3) is 7.22. The molecule has 168 valence electrons. The molecule has 1 aromatic carbocycles. The van der Waals surface area contributed by atoms with Gasteiger partial charge < -0.3 is 19.7 Å². The van der Waals surface area contributed by atoms with E-state index in [9.17, 15) is 0 Å². The molecule has 5 heteroatoms. The first-order valence-corrected chi connectivity index (χ1v) is 12.0. The largest absolute Gasteiger partial charge is 0.490 e. The zero-order valence-corrected chi connectivity index (χ0v) is 18.7. The van der Waals surface area contributed by atoms with Crippen molar-refractivity contribution in [3.63, 3.8) is 0 Å². The minimum absolute atomic E-state index is 0.489. The maximum absolute atomic E-state index is 5.99. The van der Waals surface area contributed by atoms with Gasteiger partial charge >= 0.3 is 0 Å². The van der Waals surface area contributed by atoms with E-state index in [1.807, 2.05) is 18.5 Å². The van der Waals surface area contributed by atoms with Gasteiger partial charge in [-0.25, -0.2) is 0 Å². The summed E-state index contributed by atoms with van der Waals surface area (Å²) < 4.78 is 11.8. The predicted molar refractivity (Wildman–Crippen MR) is 126 cm³/mol. The molecular formula is C26H37N3O2. The first kappa shape index (κ1) is 22.1. The number of hydrogen-bond donors (Lipinski definition) is 1. The van der Waals surface area contributed by atoms with Crippen molar-refractivity contribution in [3.8, 4) is 5.75 Å². The lowest BCUT2D eigenvalue weighted by Crippen LogP contribution is -2.33. The van der Waals surface area contributed by atoms with Crippen molar-refractivity contribution in [2.45, 2.75) is 57.6 Å². The van der Waals surface area contributed by atoms with E-state index in [1.54, 1.807) is 0 Å². The van der Waals surface area contributed by atoms with E-state index < -0.39 is 0 Å². The number of anilines is 1. The van der Waals surface area contributed by atoms with Crippen LogP contribution < -0.4 is 15.0 Å². The first-order chi connectivity index (χ1) is 15.4. The highest BCUT2D eigenvalue weighted by atomic mass is 16.5. The molecule has 1 N–H and O–H groups in total. The second kappa shape index (κ2) is 12.1. The third-order valence-corrected chi connectivity index (χ3v) is 6.55. The Kier molecular flexibility index (Phi) is 8.60. The van der Waals surface area contributed by atoms with Crippen LogP contribution in [0.3, 0.4) is 0 Å². The van der Waals surface area contributed by atoms with Gasteiger partial charge in [0.15, 0.2) is 0 Å². The molecular weight excluding hydrogens is 386 g/mol. The van der Waals surface area contributed by atoms with Crippen LogP contribution in [0.25, 0.3) is 0 Å². The molecule has 2 saturated heterocycles. The summed E-state index contributed by atoms with van der Waals surface area (Å²) in [6, 6.07) is 13.1. The number of ether oxygens (including phenoxy) is 2. The Morgan fingerprint density at radius 3 is 2.71 bits per heavy atom. The lowest BCUT2D eigenvalue weighted by molar-refractivity contribution is 0.115. The summed E-state index contributed by atoms with van der Waals surface area (Å²) >= 11 is 0. The van der Waals surface area contributed by atoms with Crippen molar-refractivity contribution in [2.24, 2.45) is 5.92 Å². The molecule has 31 heavy (non-hydrogen) atoms. The van der Waals surface area contributed by atoms with Gasteiger partial charge in [0.25, 0.3) is 0 Å². The summed E-state index contributed by atoms with van der Waals surface area (Å²) in [4.78, 5) is 6.89. The highest BCUT2D eigenvalue weighted by Crippen LogP contribution is 2.28. The van der Waals surface area contributed by atoms with Gasteiger partial charge in [-0.15, -0.1) is 0 Å². The fraction of sp³-hybridized carbons (Fsp3) is 0.577. The van der Waals surface area contributed by atoms with Gasteiger partial charge in [0.1, 0.15) is 12.4 Å². The molecule has 0 aliphatic carbocycles. The fourth-order valence-electron chi connectivity index (χ4n) is 4.64. The van der Waals surface area contributed by atoms with Gasteiger partial charge in [-0.3, -0.25) is 4.98 Å². The molecule has 2 aromatic rings. The number of pyridine rings is 1. The average molecular weight is 424 g/mol. The second-order valence-electron chi connectivity index (χ2n) is 8.95. The van der Waals surface area contributed by atoms with E-state index in [1.165, 1.54) is 49.8 Å². The molecule has 2 fully saturated rings. The summed E-state index contributed by atoms with van der Waals surface area (Å²) in [5.41, 5.74) is 2.46. The van der Waals surface area contributed by atoms with Gasteiger partial charge in [-0.1, -0.05) is 43.2 Å². The summed E-state index contributed by atoms with van der Waals surface area (Å²) in [7, 11) is 0. The van der Waals surface area contributed by atoms with E-state index in [0.717, 1.165) is 57.5 Å². The van der Waals surface area contributed by atoms with Gasteiger partial charge in [0.2, 0.25) is 0 Å². The molecule has 2 aliphatic rings. The standard InChI is InChI=1S/C26H37N3O2/c1-2-8-23(9-3-1)20-30-16-5-4-7-22-11-14-29(15-12-22)25-17-26(19-27-18-25)31-21-24-10-6-13-28-24/h1-3,8-9,17-19,22,24,28H,4-7,10-16,20-21H2. The van der Waals surface area contributed by atoms with Crippen LogP contribution in [0.1, 0.15) is 50.5 Å². The maximum Gasteiger partial charge on any atom is 0.139 e. The Morgan fingerprint density at radius 1 is 1.03 bits per heavy atom. The van der Waals surface area contributed by atoms with E-state index in [4.69, 9.17) is 9.47 Å². The van der Waals surface area contributed by atoms with Crippen LogP contribution in [0.5, 0.6) is 5.75 Å². The van der Waals surface area contributed by atoms with Crippen molar-refractivity contribution >= 4 is 5.69 Å². The summed E-state index contributed by atoms with van der Waals surface area (Å²) in [5, 5.41) is 3.48. The zero-order valence-electron chi connectivity index (χ0n) is 18.7. The number of unbranched alkanes of at least 4 members (excludes halogenated alkanes) is 1. The molecule has 1 atom stereocenters. The summed E-state index contributed by atoms with van der Waals surface area (Å²) in [6.07, 6.45) is 12.5. The number of rotatable bonds is 11. The molecule has 1 unspecified atom stereocenters. The number of aromatic nitrogens is 1. The normalized spacial score (nSPS) is 19.6. The Bertz CT molecular complexity index is 756. The van der Waals surface area contributed by atoms with E-state index in [0.29, 0.717) is 6.04 Å². The van der Waals surface area contributed by atoms with Crippen LogP contribution in [-0.4, -0.2) is 43.9 Å². The summed E-state index contributed by atoms with van der Waals surface area (Å²) in [5.74, 6) is 1.73. The lowest BCUT2D eigenvalue weighted by Gasteiger charge is -2.33. The van der Waals surface area contributed by atoms with E-state index in [2.05, 4.69) is 45.5 Å². The molecule has 5 nitrogen and oxygen atoms in total. The summed E-state index contributed by atoms with van der Waals surface area (Å²) in [6.45, 7) is 5.68. The molecule has 0 radical (unpaired) electrons. The fourth-order valence-corrected chi connectivity index (χ4v) is 4.64. The number of nitrogens with zero attached hydrogens (tertiary/aromatic N) is 2. The van der Waals surface area contributed by atoms with E-state index in [-0.39, 0.29) is 0 Å². The number of benzene rings is 1. The quantitative estimate of drug-likeness (QED) is 0.525. The van der Waals surface area contributed by atoms with Crippen LogP contribution in [0, 0.1) is 5.92 Å². The Morgan fingerprint density at radius 2 is 1.90 bits per heavy atom. The molecule has 2 aliphatic heterocycles. The second-order valence-corrected chi connectivity index (χ2v) is 8.95. The third-order valence-electron chi connectivity index (χ3n) is 6.55. The van der Waals surface area contributed by atoms with Crippen molar-refractivity contribution in [2.75, 3.05) is 37.7 Å². The lowest BCUT2D eigenvalue weighted by atomic mass is 9.91. The molecule has 0 saturated carbocycles. The van der Waals surface area contributed by atoms with Crippen LogP contribution in [0.15, 0.2) is 48.8 Å². The number of hydrogen-bond acceptors (Lipinski definition) is 5. The SMILES string of the molecule is c1ccc(COCCCCC2CCN(c3cncc(OCC4CCCN4)c3)CC2)cc1.